The first-order chi connectivity index (χ1) is 18.9. The number of aryl methyl sites for hydroxylation is 2. The summed E-state index contributed by atoms with van der Waals surface area (Å²) in [6, 6.07) is 32.6. The Kier molecular flexibility index (Phi) is 6.40. The Balaban J connectivity index is 1.33. The Labute approximate surface area is 241 Å². The van der Waals surface area contributed by atoms with Gasteiger partial charge in [0.15, 0.2) is 0 Å². The number of allylic oxidation sites excluding steroid dienone is 2. The maximum atomic E-state index is 2.76. The van der Waals surface area contributed by atoms with Crippen LogP contribution in [0.25, 0.3) is 34.4 Å². The second-order valence-corrected chi connectivity index (χ2v) is 33.0. The van der Waals surface area contributed by atoms with E-state index < -0.39 is 29.5 Å². The molecule has 0 radical (unpaired) electrons. The van der Waals surface area contributed by atoms with Crippen LogP contribution in [0, 0.1) is 13.8 Å². The predicted octanol–water partition coefficient (Wildman–Crippen LogP) is 9.80. The third-order valence-electron chi connectivity index (χ3n) is 9.67. The number of hydrogen-bond acceptors (Lipinski definition) is 0. The standard InChI is InChI=1S/C35H32Si.2CH3.Hf/c1-4-7-32-31-11-6-10-30(26-18-14-24(3)15-19-26)34(31)22-35(32)36-28-20-27-8-5-9-29(33(27)21-28)25-16-12-23(2)13-17-25;;;/h5-6,8-22,32H,1,4,7,36H2,2-3H3;2*1H3;. The molecule has 1 aliphatic heterocycles. The molecular formula is C37H38HfSi. The van der Waals surface area contributed by atoms with Gasteiger partial charge >= 0.3 is 242 Å². The zero-order valence-corrected chi connectivity index (χ0v) is 28.7. The summed E-state index contributed by atoms with van der Waals surface area (Å²) in [5, 5.41) is 3.63. The van der Waals surface area contributed by atoms with E-state index in [1.807, 2.05) is 5.20 Å². The number of hydrogen-bond donors (Lipinski definition) is 0. The molecule has 4 aromatic carbocycles. The molecule has 0 amide bonds. The minimum absolute atomic E-state index is 0.536. The fourth-order valence-corrected chi connectivity index (χ4v) is 28.4. The second kappa shape index (κ2) is 9.82. The fraction of sp³-hybridized carbons (Fsp3) is 0.243. The van der Waals surface area contributed by atoms with Crippen LogP contribution in [0.2, 0.25) is 13.5 Å². The summed E-state index contributed by atoms with van der Waals surface area (Å²) in [7, 11) is -0.536. The van der Waals surface area contributed by atoms with E-state index in [-0.39, 0.29) is 0 Å². The second-order valence-electron chi connectivity index (χ2n) is 12.8. The van der Waals surface area contributed by atoms with E-state index in [4.69, 9.17) is 0 Å². The molecule has 0 N–H and O–H groups in total. The zero-order chi connectivity index (χ0) is 26.7. The molecule has 4 aromatic rings. The van der Waals surface area contributed by atoms with Crippen LogP contribution < -0.4 is 0 Å². The van der Waals surface area contributed by atoms with Crippen LogP contribution in [-0.4, -0.2) is 9.52 Å². The molecule has 2 aliphatic carbocycles. The fourth-order valence-electron chi connectivity index (χ4n) is 7.70. The van der Waals surface area contributed by atoms with E-state index in [0.29, 0.717) is 5.92 Å². The summed E-state index contributed by atoms with van der Waals surface area (Å²) in [6.45, 7) is 4.36. The Morgan fingerprint density at radius 3 is 1.79 bits per heavy atom. The number of benzene rings is 4. The van der Waals surface area contributed by atoms with E-state index in [9.17, 15) is 0 Å². The van der Waals surface area contributed by atoms with E-state index in [1.54, 1.807) is 16.3 Å². The molecule has 2 unspecified atom stereocenters. The number of fused-ring (bicyclic) bond motifs is 6. The third-order valence-corrected chi connectivity index (χ3v) is 27.2. The molecule has 1 fully saturated rings. The Morgan fingerprint density at radius 1 is 0.641 bits per heavy atom. The van der Waals surface area contributed by atoms with Gasteiger partial charge in [-0.05, 0) is 0 Å². The summed E-state index contributed by atoms with van der Waals surface area (Å²) in [5.41, 5.74) is 14.5. The first-order valence-corrected chi connectivity index (χ1v) is 27.9. The van der Waals surface area contributed by atoms with Crippen molar-refractivity contribution >= 4 is 21.7 Å². The van der Waals surface area contributed by atoms with Gasteiger partial charge < -0.3 is 0 Å². The van der Waals surface area contributed by atoms with Crippen LogP contribution in [0.15, 0.2) is 95.3 Å². The van der Waals surface area contributed by atoms with Gasteiger partial charge in [-0.15, -0.1) is 0 Å². The Bertz CT molecular complexity index is 1640. The van der Waals surface area contributed by atoms with Gasteiger partial charge in [0.2, 0.25) is 0 Å². The topological polar surface area (TPSA) is 0 Å². The monoisotopic (exact) mass is 690 g/mol. The molecule has 0 saturated carbocycles. The zero-order valence-electron chi connectivity index (χ0n) is 23.7. The molecule has 3 aliphatic rings. The van der Waals surface area contributed by atoms with Crippen LogP contribution in [-0.2, 0) is 20.0 Å². The Hall–Kier alpha value is -2.55. The van der Waals surface area contributed by atoms with Gasteiger partial charge in [-0.25, -0.2) is 0 Å². The molecule has 1 saturated heterocycles. The molecule has 2 atom stereocenters. The van der Waals surface area contributed by atoms with Crippen molar-refractivity contribution in [2.45, 2.75) is 49.8 Å². The summed E-state index contributed by atoms with van der Waals surface area (Å²) >= 11 is -2.54. The van der Waals surface area contributed by atoms with Gasteiger partial charge in [-0.2, -0.15) is 0 Å². The van der Waals surface area contributed by atoms with Gasteiger partial charge in [-0.1, -0.05) is 0 Å². The maximum absolute atomic E-state index is 2.76. The molecular weight excluding hydrogens is 651 g/mol. The summed E-state index contributed by atoms with van der Waals surface area (Å²) in [6.07, 6.45) is 8.06. The Morgan fingerprint density at radius 2 is 1.18 bits per heavy atom. The quantitative estimate of drug-likeness (QED) is 0.184. The SMILES string of the molecule is Cc1ccc(-c2cccc3c2C=C2[SiH2]C4=Cc5c(-c6ccc(C)cc6)cccc5[CH]4[Hf]([CH3])([CH3])[CH2]CCC23)cc1. The van der Waals surface area contributed by atoms with Crippen LogP contribution in [0.5, 0.6) is 0 Å². The van der Waals surface area contributed by atoms with Crippen molar-refractivity contribution in [3.05, 3.63) is 129 Å². The molecule has 0 aromatic heterocycles. The van der Waals surface area contributed by atoms with Crippen molar-refractivity contribution in [1.82, 2.24) is 0 Å². The molecule has 0 bridgehead atoms. The molecule has 2 heteroatoms. The van der Waals surface area contributed by atoms with Crippen molar-refractivity contribution in [3.63, 3.8) is 0 Å². The molecule has 7 rings (SSSR count). The summed E-state index contributed by atoms with van der Waals surface area (Å²) in [4.78, 5) is 0. The summed E-state index contributed by atoms with van der Waals surface area (Å²) in [5.74, 6) is 0.626. The molecule has 0 nitrogen and oxygen atoms in total. The van der Waals surface area contributed by atoms with Crippen LogP contribution in [0.4, 0.5) is 0 Å². The van der Waals surface area contributed by atoms with E-state index >= 15 is 0 Å². The first-order valence-electron chi connectivity index (χ1n) is 14.7. The van der Waals surface area contributed by atoms with Gasteiger partial charge in [0.25, 0.3) is 0 Å². The van der Waals surface area contributed by atoms with Gasteiger partial charge in [-0.3, -0.25) is 0 Å². The normalized spacial score (nSPS) is 21.5. The van der Waals surface area contributed by atoms with Crippen molar-refractivity contribution in [1.29, 1.82) is 0 Å². The van der Waals surface area contributed by atoms with Gasteiger partial charge in [0, 0.05) is 0 Å². The van der Waals surface area contributed by atoms with Crippen LogP contribution in [0.3, 0.4) is 0 Å². The molecule has 0 spiro atoms. The molecule has 39 heavy (non-hydrogen) atoms. The first kappa shape index (κ1) is 25.4. The van der Waals surface area contributed by atoms with Gasteiger partial charge in [0.05, 0.1) is 0 Å². The van der Waals surface area contributed by atoms with E-state index in [2.05, 4.69) is 120 Å². The van der Waals surface area contributed by atoms with Crippen molar-refractivity contribution in [2.24, 2.45) is 0 Å². The van der Waals surface area contributed by atoms with Crippen molar-refractivity contribution in [3.8, 4) is 22.3 Å². The predicted molar refractivity (Wildman–Crippen MR) is 169 cm³/mol. The van der Waals surface area contributed by atoms with E-state index in [1.165, 1.54) is 61.5 Å². The molecule has 1 heterocycles. The average molecular weight is 689 g/mol. The number of rotatable bonds is 2. The van der Waals surface area contributed by atoms with Crippen LogP contribution >= 0.6 is 0 Å². The molecule has 194 valence electrons. The van der Waals surface area contributed by atoms with Crippen LogP contribution in [0.1, 0.15) is 55.8 Å². The minimum atomic E-state index is -2.54. The summed E-state index contributed by atoms with van der Waals surface area (Å²) < 4.78 is 7.76. The third kappa shape index (κ3) is 4.45. The van der Waals surface area contributed by atoms with Gasteiger partial charge in [0.1, 0.15) is 0 Å². The average Bonchev–Trinajstić information content (AvgIpc) is 3.48. The van der Waals surface area contributed by atoms with Crippen molar-refractivity contribution in [2.75, 3.05) is 0 Å². The van der Waals surface area contributed by atoms with Crippen molar-refractivity contribution < 1.29 is 20.0 Å². The van der Waals surface area contributed by atoms with E-state index in [0.717, 1.165) is 3.67 Å².